The smallest absolute Gasteiger partial charge is 0.303 e. The van der Waals surface area contributed by atoms with Crippen molar-refractivity contribution in [1.82, 2.24) is 4.98 Å². The number of rotatable bonds is 3. The number of carbonyl (C=O) groups is 1. The van der Waals surface area contributed by atoms with Gasteiger partial charge in [-0.3, -0.25) is 4.79 Å². The first-order valence-corrected chi connectivity index (χ1v) is 6.22. The van der Waals surface area contributed by atoms with E-state index < -0.39 is 5.97 Å². The van der Waals surface area contributed by atoms with Gasteiger partial charge < -0.3 is 10.8 Å². The largest absolute Gasteiger partial charge is 0.481 e. The molecule has 1 aliphatic rings. The molecule has 1 aliphatic carbocycles. The zero-order valence-corrected chi connectivity index (χ0v) is 10.3. The fourth-order valence-corrected chi connectivity index (χ4v) is 3.15. The zero-order chi connectivity index (χ0) is 11.9. The summed E-state index contributed by atoms with van der Waals surface area (Å²) in [6, 6.07) is 0. The van der Waals surface area contributed by atoms with Crippen LogP contribution in [0.25, 0.3) is 0 Å². The second kappa shape index (κ2) is 3.73. The molecule has 88 valence electrons. The standard InChI is InChI=1S/C11H16N2O2S/c1-11(2)6(4-9(14)15)3-7(11)8-5-16-10(12)13-8/h5-7H,3-4H2,1-2H3,(H2,12,13)(H,14,15)/t6-,7+/m0/s1. The number of anilines is 1. The van der Waals surface area contributed by atoms with Crippen molar-refractivity contribution in [1.29, 1.82) is 0 Å². The van der Waals surface area contributed by atoms with E-state index in [2.05, 4.69) is 18.8 Å². The third-order valence-electron chi connectivity index (χ3n) is 3.79. The molecule has 0 aliphatic heterocycles. The van der Waals surface area contributed by atoms with Gasteiger partial charge in [0.25, 0.3) is 0 Å². The lowest BCUT2D eigenvalue weighted by Gasteiger charge is -2.51. The molecule has 1 heterocycles. The fourth-order valence-electron chi connectivity index (χ4n) is 2.54. The highest BCUT2D eigenvalue weighted by Crippen LogP contribution is 2.58. The zero-order valence-electron chi connectivity index (χ0n) is 9.43. The van der Waals surface area contributed by atoms with Gasteiger partial charge in [0.1, 0.15) is 0 Å². The van der Waals surface area contributed by atoms with Crippen molar-refractivity contribution >= 4 is 22.4 Å². The molecule has 1 fully saturated rings. The predicted octanol–water partition coefficient (Wildman–Crippen LogP) is 2.33. The van der Waals surface area contributed by atoms with Crippen LogP contribution < -0.4 is 5.73 Å². The van der Waals surface area contributed by atoms with Crippen molar-refractivity contribution in [3.05, 3.63) is 11.1 Å². The first kappa shape index (κ1) is 11.4. The van der Waals surface area contributed by atoms with Crippen LogP contribution in [0.15, 0.2) is 5.38 Å². The van der Waals surface area contributed by atoms with E-state index in [0.29, 0.717) is 11.0 Å². The number of hydrogen-bond acceptors (Lipinski definition) is 4. The van der Waals surface area contributed by atoms with Crippen molar-refractivity contribution in [2.75, 3.05) is 5.73 Å². The highest BCUT2D eigenvalue weighted by atomic mass is 32.1. The topological polar surface area (TPSA) is 76.2 Å². The van der Waals surface area contributed by atoms with E-state index in [1.165, 1.54) is 11.3 Å². The Morgan fingerprint density at radius 3 is 2.88 bits per heavy atom. The minimum atomic E-state index is -0.714. The predicted molar refractivity (Wildman–Crippen MR) is 63.4 cm³/mol. The van der Waals surface area contributed by atoms with Crippen molar-refractivity contribution in [2.24, 2.45) is 11.3 Å². The summed E-state index contributed by atoms with van der Waals surface area (Å²) in [6.07, 6.45) is 1.16. The summed E-state index contributed by atoms with van der Waals surface area (Å²) in [7, 11) is 0. The maximum absolute atomic E-state index is 10.7. The Morgan fingerprint density at radius 2 is 2.44 bits per heavy atom. The number of nitrogen functional groups attached to an aromatic ring is 1. The number of nitrogens with zero attached hydrogens (tertiary/aromatic N) is 1. The third kappa shape index (κ3) is 1.80. The van der Waals surface area contributed by atoms with Crippen LogP contribution in [0, 0.1) is 11.3 Å². The van der Waals surface area contributed by atoms with E-state index in [-0.39, 0.29) is 17.8 Å². The van der Waals surface area contributed by atoms with Gasteiger partial charge in [0.15, 0.2) is 5.13 Å². The van der Waals surface area contributed by atoms with Crippen molar-refractivity contribution in [3.63, 3.8) is 0 Å². The molecule has 0 radical (unpaired) electrons. The molecule has 3 N–H and O–H groups in total. The first-order valence-electron chi connectivity index (χ1n) is 5.34. The molecule has 4 nitrogen and oxygen atoms in total. The Morgan fingerprint density at radius 1 is 1.75 bits per heavy atom. The van der Waals surface area contributed by atoms with Crippen LogP contribution in [-0.2, 0) is 4.79 Å². The summed E-state index contributed by atoms with van der Waals surface area (Å²) >= 11 is 1.45. The molecule has 2 atom stereocenters. The molecular weight excluding hydrogens is 224 g/mol. The van der Waals surface area contributed by atoms with Crippen LogP contribution in [-0.4, -0.2) is 16.1 Å². The van der Waals surface area contributed by atoms with Crippen LogP contribution in [0.2, 0.25) is 0 Å². The van der Waals surface area contributed by atoms with E-state index >= 15 is 0 Å². The van der Waals surface area contributed by atoms with Crippen LogP contribution in [0.3, 0.4) is 0 Å². The second-order valence-corrected chi connectivity index (χ2v) is 5.90. The van der Waals surface area contributed by atoms with Crippen molar-refractivity contribution in [3.8, 4) is 0 Å². The normalized spacial score (nSPS) is 27.4. The highest BCUT2D eigenvalue weighted by Gasteiger charge is 2.50. The van der Waals surface area contributed by atoms with E-state index in [9.17, 15) is 4.79 Å². The Bertz CT molecular complexity index is 414. The molecule has 0 aromatic carbocycles. The van der Waals surface area contributed by atoms with Gasteiger partial charge in [-0.25, -0.2) is 4.98 Å². The van der Waals surface area contributed by atoms with Gasteiger partial charge in [0.05, 0.1) is 5.69 Å². The molecule has 0 spiro atoms. The summed E-state index contributed by atoms with van der Waals surface area (Å²) in [5, 5.41) is 11.4. The van der Waals surface area contributed by atoms with Gasteiger partial charge in [-0.15, -0.1) is 11.3 Å². The van der Waals surface area contributed by atoms with Gasteiger partial charge in [-0.2, -0.15) is 0 Å². The molecule has 0 unspecified atom stereocenters. The summed E-state index contributed by atoms with van der Waals surface area (Å²) in [5.74, 6) is -0.113. The van der Waals surface area contributed by atoms with E-state index in [4.69, 9.17) is 10.8 Å². The van der Waals surface area contributed by atoms with E-state index in [0.717, 1.165) is 12.1 Å². The van der Waals surface area contributed by atoms with E-state index in [1.807, 2.05) is 5.38 Å². The van der Waals surface area contributed by atoms with Gasteiger partial charge in [-0.05, 0) is 17.8 Å². The van der Waals surface area contributed by atoms with Crippen molar-refractivity contribution in [2.45, 2.75) is 32.6 Å². The number of carboxylic acids is 1. The van der Waals surface area contributed by atoms with Gasteiger partial charge in [0.2, 0.25) is 0 Å². The maximum Gasteiger partial charge on any atom is 0.303 e. The number of aliphatic carboxylic acids is 1. The van der Waals surface area contributed by atoms with Gasteiger partial charge in [0, 0.05) is 17.7 Å². The summed E-state index contributed by atoms with van der Waals surface area (Å²) in [4.78, 5) is 15.0. The third-order valence-corrected chi connectivity index (χ3v) is 4.48. The maximum atomic E-state index is 10.7. The minimum Gasteiger partial charge on any atom is -0.481 e. The number of carboxylic acid groups (broad SMARTS) is 1. The number of hydrogen-bond donors (Lipinski definition) is 2. The van der Waals surface area contributed by atoms with Crippen LogP contribution in [0.1, 0.15) is 38.3 Å². The molecule has 16 heavy (non-hydrogen) atoms. The molecule has 5 heteroatoms. The van der Waals surface area contributed by atoms with Crippen LogP contribution >= 0.6 is 11.3 Å². The molecule has 0 saturated heterocycles. The lowest BCUT2D eigenvalue weighted by atomic mass is 9.53. The molecular formula is C11H16N2O2S. The highest BCUT2D eigenvalue weighted by molar-refractivity contribution is 7.13. The quantitative estimate of drug-likeness (QED) is 0.850. The minimum absolute atomic E-state index is 0.0128. The second-order valence-electron chi connectivity index (χ2n) is 5.02. The monoisotopic (exact) mass is 240 g/mol. The molecule has 2 rings (SSSR count). The molecule has 0 amide bonds. The molecule has 1 saturated carbocycles. The Balaban J connectivity index is 2.09. The number of aromatic nitrogens is 1. The summed E-state index contributed by atoms with van der Waals surface area (Å²) in [5.41, 5.74) is 6.65. The van der Waals surface area contributed by atoms with E-state index in [1.54, 1.807) is 0 Å². The number of nitrogens with two attached hydrogens (primary N) is 1. The average Bonchev–Trinajstić information content (AvgIpc) is 2.58. The van der Waals surface area contributed by atoms with Crippen LogP contribution in [0.5, 0.6) is 0 Å². The SMILES string of the molecule is CC1(C)[C@H](CC(=O)O)C[C@@H]1c1csc(N)n1. The molecule has 1 aromatic heterocycles. The van der Waals surface area contributed by atoms with Gasteiger partial charge >= 0.3 is 5.97 Å². The molecule has 1 aromatic rings. The first-order chi connectivity index (χ1) is 7.41. The van der Waals surface area contributed by atoms with Crippen molar-refractivity contribution < 1.29 is 9.90 Å². The van der Waals surface area contributed by atoms with Gasteiger partial charge in [-0.1, -0.05) is 13.8 Å². The lowest BCUT2D eigenvalue weighted by Crippen LogP contribution is -2.44. The number of thiazole rings is 1. The average molecular weight is 240 g/mol. The van der Waals surface area contributed by atoms with Crippen LogP contribution in [0.4, 0.5) is 5.13 Å². The Kier molecular flexibility index (Phi) is 2.66. The molecule has 0 bridgehead atoms. The Labute approximate surface area is 98.5 Å². The Hall–Kier alpha value is -1.10. The summed E-state index contributed by atoms with van der Waals surface area (Å²) in [6.45, 7) is 4.23. The lowest BCUT2D eigenvalue weighted by molar-refractivity contribution is -0.141. The fraction of sp³-hybridized carbons (Fsp3) is 0.636. The summed E-state index contributed by atoms with van der Waals surface area (Å²) < 4.78 is 0.